The normalized spacial score (nSPS) is 10.8. The van der Waals surface area contributed by atoms with E-state index in [1.165, 1.54) is 29.8 Å². The summed E-state index contributed by atoms with van der Waals surface area (Å²) in [6.45, 7) is 1.39. The van der Waals surface area contributed by atoms with Gasteiger partial charge in [0.25, 0.3) is 11.5 Å². The summed E-state index contributed by atoms with van der Waals surface area (Å²) in [4.78, 5) is 41.7. The minimum absolute atomic E-state index is 0.0621. The molecule has 0 radical (unpaired) electrons. The quantitative estimate of drug-likeness (QED) is 0.499. The van der Waals surface area contributed by atoms with Crippen LogP contribution < -0.4 is 10.9 Å². The van der Waals surface area contributed by atoms with Gasteiger partial charge in [0.1, 0.15) is 17.0 Å². The van der Waals surface area contributed by atoms with Crippen molar-refractivity contribution >= 4 is 28.4 Å². The van der Waals surface area contributed by atoms with E-state index in [0.717, 1.165) is 0 Å². The van der Waals surface area contributed by atoms with Gasteiger partial charge in [0.15, 0.2) is 5.78 Å². The van der Waals surface area contributed by atoms with Gasteiger partial charge in [-0.1, -0.05) is 18.2 Å². The number of fused-ring (bicyclic) bond motifs is 1. The third kappa shape index (κ3) is 4.11. The summed E-state index contributed by atoms with van der Waals surface area (Å²) in [5.74, 6) is -1.14. The van der Waals surface area contributed by atoms with E-state index in [0.29, 0.717) is 27.8 Å². The van der Waals surface area contributed by atoms with Gasteiger partial charge in [-0.2, -0.15) is 0 Å². The molecule has 2 aromatic carbocycles. The number of halogens is 1. The Morgan fingerprint density at radius 2 is 1.77 bits per heavy atom. The maximum absolute atomic E-state index is 14.2. The largest absolute Gasteiger partial charge is 0.322 e. The second kappa shape index (κ2) is 8.31. The highest BCUT2D eigenvalue weighted by molar-refractivity contribution is 6.06. The number of carbonyl (C=O) groups excluding carboxylic acids is 2. The summed E-state index contributed by atoms with van der Waals surface area (Å²) < 4.78 is 15.5. The molecule has 0 fully saturated rings. The lowest BCUT2D eigenvalue weighted by Gasteiger charge is -2.13. The van der Waals surface area contributed by atoms with E-state index in [9.17, 15) is 18.8 Å². The van der Waals surface area contributed by atoms with Gasteiger partial charge in [0.05, 0.1) is 6.54 Å². The zero-order valence-corrected chi connectivity index (χ0v) is 16.6. The van der Waals surface area contributed by atoms with Crippen molar-refractivity contribution in [2.45, 2.75) is 13.5 Å². The number of hydrogen-bond donors (Lipinski definition) is 1. The summed E-state index contributed by atoms with van der Waals surface area (Å²) >= 11 is 0. The van der Waals surface area contributed by atoms with E-state index >= 15 is 0 Å². The zero-order valence-electron chi connectivity index (χ0n) is 16.6. The lowest BCUT2D eigenvalue weighted by Crippen LogP contribution is -2.30. The molecule has 4 aromatic rings. The van der Waals surface area contributed by atoms with Crippen LogP contribution in [0, 0.1) is 5.82 Å². The minimum atomic E-state index is -0.603. The number of Topliss-reactive ketones (excluding diaryl/α,β-unsaturated/α-hetero) is 1. The summed E-state index contributed by atoms with van der Waals surface area (Å²) in [5, 5.41) is 3.25. The summed E-state index contributed by atoms with van der Waals surface area (Å²) in [5.41, 5.74) is 0.968. The Morgan fingerprint density at radius 1 is 1.03 bits per heavy atom. The molecule has 0 saturated carbocycles. The summed E-state index contributed by atoms with van der Waals surface area (Å²) in [6.07, 6.45) is 1.54. The van der Waals surface area contributed by atoms with Crippen molar-refractivity contribution in [1.29, 1.82) is 0 Å². The van der Waals surface area contributed by atoms with Crippen LogP contribution in [0.5, 0.6) is 0 Å². The standard InChI is InChI=1S/C24H18FN3O3/c1-15(29)16-8-10-19(11-9-16)27-23(30)20-13-17-6-4-12-26-22(17)28(24(20)31)14-18-5-2-3-7-21(18)25/h2-13H,14H2,1H3,(H,27,30). The Labute approximate surface area is 177 Å². The number of amides is 1. The van der Waals surface area contributed by atoms with Gasteiger partial charge in [-0.3, -0.25) is 19.0 Å². The number of ketones is 1. The number of hydrogen-bond acceptors (Lipinski definition) is 4. The number of rotatable bonds is 5. The molecule has 2 heterocycles. The van der Waals surface area contributed by atoms with Crippen molar-refractivity contribution in [3.05, 3.63) is 106 Å². The van der Waals surface area contributed by atoms with Crippen LogP contribution in [0.25, 0.3) is 11.0 Å². The fourth-order valence-electron chi connectivity index (χ4n) is 3.30. The van der Waals surface area contributed by atoms with Crippen LogP contribution in [0.4, 0.5) is 10.1 Å². The van der Waals surface area contributed by atoms with Gasteiger partial charge >= 0.3 is 0 Å². The van der Waals surface area contributed by atoms with Crippen LogP contribution in [0.1, 0.15) is 33.2 Å². The first-order chi connectivity index (χ1) is 14.9. The summed E-state index contributed by atoms with van der Waals surface area (Å²) in [6, 6.07) is 17.4. The molecule has 0 bridgehead atoms. The molecule has 2 aromatic heterocycles. The predicted octanol–water partition coefficient (Wildman–Crippen LogP) is 4.04. The fourth-order valence-corrected chi connectivity index (χ4v) is 3.30. The molecule has 0 aliphatic carbocycles. The maximum Gasteiger partial charge on any atom is 0.265 e. The molecule has 31 heavy (non-hydrogen) atoms. The van der Waals surface area contributed by atoms with Gasteiger partial charge in [-0.25, -0.2) is 9.37 Å². The second-order valence-corrected chi connectivity index (χ2v) is 7.04. The zero-order chi connectivity index (χ0) is 22.0. The van der Waals surface area contributed by atoms with E-state index in [4.69, 9.17) is 0 Å². The number of nitrogens with one attached hydrogen (secondary N) is 1. The van der Waals surface area contributed by atoms with E-state index < -0.39 is 17.3 Å². The average Bonchev–Trinajstić information content (AvgIpc) is 2.77. The smallest absolute Gasteiger partial charge is 0.265 e. The molecule has 0 spiro atoms. The first kappa shape index (κ1) is 20.2. The predicted molar refractivity (Wildman–Crippen MR) is 116 cm³/mol. The van der Waals surface area contributed by atoms with Crippen molar-refractivity contribution in [3.8, 4) is 0 Å². The second-order valence-electron chi connectivity index (χ2n) is 7.04. The first-order valence-corrected chi connectivity index (χ1v) is 9.58. The molecule has 0 unspecified atom stereocenters. The van der Waals surface area contributed by atoms with Crippen molar-refractivity contribution < 1.29 is 14.0 Å². The molecule has 154 valence electrons. The van der Waals surface area contributed by atoms with Gasteiger partial charge in [-0.15, -0.1) is 0 Å². The van der Waals surface area contributed by atoms with Crippen LogP contribution in [0.2, 0.25) is 0 Å². The van der Waals surface area contributed by atoms with Crippen molar-refractivity contribution in [2.24, 2.45) is 0 Å². The first-order valence-electron chi connectivity index (χ1n) is 9.58. The number of pyridine rings is 2. The number of carbonyl (C=O) groups is 2. The van der Waals surface area contributed by atoms with Crippen LogP contribution in [0.15, 0.2) is 77.7 Å². The highest BCUT2D eigenvalue weighted by Gasteiger charge is 2.17. The molecule has 0 aliphatic rings. The molecule has 1 N–H and O–H groups in total. The minimum Gasteiger partial charge on any atom is -0.322 e. The van der Waals surface area contributed by atoms with E-state index in [1.54, 1.807) is 54.6 Å². The highest BCUT2D eigenvalue weighted by atomic mass is 19.1. The Bertz CT molecular complexity index is 1360. The number of anilines is 1. The number of benzene rings is 2. The SMILES string of the molecule is CC(=O)c1ccc(NC(=O)c2cc3cccnc3n(Cc3ccccc3F)c2=O)cc1. The third-order valence-corrected chi connectivity index (χ3v) is 4.93. The van der Waals surface area contributed by atoms with E-state index in [1.807, 2.05) is 0 Å². The Hall–Kier alpha value is -4.13. The lowest BCUT2D eigenvalue weighted by molar-refractivity contribution is 0.101. The molecule has 4 rings (SSSR count). The van der Waals surface area contributed by atoms with Crippen molar-refractivity contribution in [3.63, 3.8) is 0 Å². The summed E-state index contributed by atoms with van der Waals surface area (Å²) in [7, 11) is 0. The van der Waals surface area contributed by atoms with Crippen molar-refractivity contribution in [1.82, 2.24) is 9.55 Å². The van der Waals surface area contributed by atoms with Gasteiger partial charge in [-0.05, 0) is 55.5 Å². The van der Waals surface area contributed by atoms with Crippen LogP contribution >= 0.6 is 0 Å². The number of nitrogens with zero attached hydrogens (tertiary/aromatic N) is 2. The molecule has 6 nitrogen and oxygen atoms in total. The fraction of sp³-hybridized carbons (Fsp3) is 0.0833. The molecular weight excluding hydrogens is 397 g/mol. The van der Waals surface area contributed by atoms with Crippen LogP contribution in [-0.2, 0) is 6.54 Å². The number of aromatic nitrogens is 2. The van der Waals surface area contributed by atoms with Crippen molar-refractivity contribution in [2.75, 3.05) is 5.32 Å². The molecule has 0 saturated heterocycles. The maximum atomic E-state index is 14.2. The molecule has 1 amide bonds. The third-order valence-electron chi connectivity index (χ3n) is 4.93. The van der Waals surface area contributed by atoms with Gasteiger partial charge < -0.3 is 5.32 Å². The molecule has 0 atom stereocenters. The van der Waals surface area contributed by atoms with E-state index in [2.05, 4.69) is 10.3 Å². The molecular formula is C24H18FN3O3. The Morgan fingerprint density at radius 3 is 2.48 bits per heavy atom. The monoisotopic (exact) mass is 415 g/mol. The molecule has 0 aliphatic heterocycles. The average molecular weight is 415 g/mol. The van der Waals surface area contributed by atoms with Crippen LogP contribution in [-0.4, -0.2) is 21.2 Å². The van der Waals surface area contributed by atoms with Crippen LogP contribution in [0.3, 0.4) is 0 Å². The van der Waals surface area contributed by atoms with Gasteiger partial charge in [0.2, 0.25) is 0 Å². The van der Waals surface area contributed by atoms with E-state index in [-0.39, 0.29) is 17.9 Å². The molecule has 7 heteroatoms. The Balaban J connectivity index is 1.75. The lowest BCUT2D eigenvalue weighted by atomic mass is 10.1. The Kier molecular flexibility index (Phi) is 5.41. The topological polar surface area (TPSA) is 81.1 Å². The van der Waals surface area contributed by atoms with Gasteiger partial charge in [0, 0.05) is 28.4 Å². The highest BCUT2D eigenvalue weighted by Crippen LogP contribution is 2.16.